The number of halogens is 1. The van der Waals surface area contributed by atoms with E-state index in [2.05, 4.69) is 13.8 Å². The Morgan fingerprint density at radius 1 is 1.30 bits per heavy atom. The van der Waals surface area contributed by atoms with E-state index in [1.165, 1.54) is 0 Å². The van der Waals surface area contributed by atoms with Gasteiger partial charge in [-0.3, -0.25) is 4.79 Å². The number of carbonyl (C=O) groups is 1. The average molecular weight is 298 g/mol. The molecule has 0 fully saturated rings. The number of nitrogens with two attached hydrogens (primary N) is 1. The van der Waals surface area contributed by atoms with Gasteiger partial charge < -0.3 is 10.5 Å². The first-order valence-electron chi connectivity index (χ1n) is 7.13. The number of esters is 1. The van der Waals surface area contributed by atoms with Gasteiger partial charge in [0.05, 0.1) is 0 Å². The Bertz CT molecular complexity index is 421. The standard InChI is InChI=1S/C16H24ClNO2/c1-12(2)13(9-10-18)7-8-16(19)20-11-14-5-3-4-6-15(14)17/h3-6,12-13H,7-11,18H2,1-2H3. The molecule has 0 amide bonds. The Hall–Kier alpha value is -1.06. The highest BCUT2D eigenvalue weighted by Gasteiger charge is 2.15. The van der Waals surface area contributed by atoms with Gasteiger partial charge in [-0.25, -0.2) is 0 Å². The Kier molecular flexibility index (Phi) is 7.63. The van der Waals surface area contributed by atoms with Gasteiger partial charge in [0, 0.05) is 17.0 Å². The first-order chi connectivity index (χ1) is 9.54. The molecule has 0 heterocycles. The van der Waals surface area contributed by atoms with Crippen LogP contribution in [-0.4, -0.2) is 12.5 Å². The van der Waals surface area contributed by atoms with Gasteiger partial charge in [-0.05, 0) is 37.3 Å². The molecule has 0 spiro atoms. The number of carbonyl (C=O) groups excluding carboxylic acids is 1. The van der Waals surface area contributed by atoms with Gasteiger partial charge in [0.25, 0.3) is 0 Å². The number of benzene rings is 1. The maximum atomic E-state index is 11.8. The molecule has 1 aromatic rings. The molecule has 0 aliphatic heterocycles. The van der Waals surface area contributed by atoms with E-state index in [1.807, 2.05) is 18.2 Å². The minimum Gasteiger partial charge on any atom is -0.461 e. The van der Waals surface area contributed by atoms with Crippen LogP contribution < -0.4 is 5.73 Å². The lowest BCUT2D eigenvalue weighted by Gasteiger charge is -2.19. The predicted octanol–water partition coefficient (Wildman–Crippen LogP) is 3.78. The van der Waals surface area contributed by atoms with Crippen molar-refractivity contribution in [3.63, 3.8) is 0 Å². The third kappa shape index (κ3) is 5.93. The van der Waals surface area contributed by atoms with Crippen LogP contribution in [0.1, 0.15) is 38.7 Å². The summed E-state index contributed by atoms with van der Waals surface area (Å²) in [6.07, 6.45) is 2.22. The van der Waals surface area contributed by atoms with E-state index in [-0.39, 0.29) is 12.6 Å². The van der Waals surface area contributed by atoms with Crippen LogP contribution in [0, 0.1) is 11.8 Å². The second-order valence-electron chi connectivity index (χ2n) is 5.37. The summed E-state index contributed by atoms with van der Waals surface area (Å²) in [5.74, 6) is 0.843. The average Bonchev–Trinajstić information content (AvgIpc) is 2.42. The lowest BCUT2D eigenvalue weighted by molar-refractivity contribution is -0.145. The highest BCUT2D eigenvalue weighted by molar-refractivity contribution is 6.31. The minimum absolute atomic E-state index is 0.174. The molecule has 0 bridgehead atoms. The fourth-order valence-electron chi connectivity index (χ4n) is 2.17. The summed E-state index contributed by atoms with van der Waals surface area (Å²) in [4.78, 5) is 11.8. The van der Waals surface area contributed by atoms with Crippen LogP contribution in [0.25, 0.3) is 0 Å². The van der Waals surface area contributed by atoms with Crippen molar-refractivity contribution in [2.75, 3.05) is 6.54 Å². The van der Waals surface area contributed by atoms with Crippen molar-refractivity contribution in [2.24, 2.45) is 17.6 Å². The summed E-state index contributed by atoms with van der Waals surface area (Å²) in [6, 6.07) is 7.39. The molecule has 1 atom stereocenters. The van der Waals surface area contributed by atoms with Gasteiger partial charge in [0.1, 0.15) is 6.61 Å². The Morgan fingerprint density at radius 3 is 2.60 bits per heavy atom. The van der Waals surface area contributed by atoms with E-state index >= 15 is 0 Å². The third-order valence-electron chi connectivity index (χ3n) is 3.55. The SMILES string of the molecule is CC(C)C(CCN)CCC(=O)OCc1ccccc1Cl. The van der Waals surface area contributed by atoms with Gasteiger partial charge in [-0.2, -0.15) is 0 Å². The molecule has 0 saturated carbocycles. The molecule has 1 unspecified atom stereocenters. The van der Waals surface area contributed by atoms with E-state index in [4.69, 9.17) is 22.1 Å². The molecular weight excluding hydrogens is 274 g/mol. The van der Waals surface area contributed by atoms with Crippen molar-refractivity contribution in [3.8, 4) is 0 Å². The second kappa shape index (κ2) is 8.98. The Morgan fingerprint density at radius 2 is 2.00 bits per heavy atom. The number of ether oxygens (including phenoxy) is 1. The summed E-state index contributed by atoms with van der Waals surface area (Å²) >= 11 is 6.01. The molecule has 20 heavy (non-hydrogen) atoms. The number of rotatable bonds is 8. The summed E-state index contributed by atoms with van der Waals surface area (Å²) < 4.78 is 5.26. The second-order valence-corrected chi connectivity index (χ2v) is 5.78. The zero-order valence-corrected chi connectivity index (χ0v) is 13.0. The van der Waals surface area contributed by atoms with Gasteiger partial charge in [0.2, 0.25) is 0 Å². The largest absolute Gasteiger partial charge is 0.461 e. The lowest BCUT2D eigenvalue weighted by atomic mass is 9.88. The number of hydrogen-bond donors (Lipinski definition) is 1. The van der Waals surface area contributed by atoms with Gasteiger partial charge in [0.15, 0.2) is 0 Å². The topological polar surface area (TPSA) is 52.3 Å². The van der Waals surface area contributed by atoms with Crippen LogP contribution in [0.2, 0.25) is 5.02 Å². The predicted molar refractivity (Wildman–Crippen MR) is 82.5 cm³/mol. The van der Waals surface area contributed by atoms with Crippen LogP contribution in [0.5, 0.6) is 0 Å². The molecule has 112 valence electrons. The molecular formula is C16H24ClNO2. The summed E-state index contributed by atoms with van der Waals surface area (Å²) in [7, 11) is 0. The smallest absolute Gasteiger partial charge is 0.306 e. The Balaban J connectivity index is 2.35. The highest BCUT2D eigenvalue weighted by Crippen LogP contribution is 2.21. The van der Waals surface area contributed by atoms with E-state index in [0.29, 0.717) is 29.8 Å². The van der Waals surface area contributed by atoms with Crippen molar-refractivity contribution in [1.29, 1.82) is 0 Å². The van der Waals surface area contributed by atoms with E-state index in [9.17, 15) is 4.79 Å². The molecule has 0 radical (unpaired) electrons. The molecule has 0 aliphatic carbocycles. The number of hydrogen-bond acceptors (Lipinski definition) is 3. The van der Waals surface area contributed by atoms with Crippen LogP contribution in [0.3, 0.4) is 0 Å². The minimum atomic E-state index is -0.174. The van der Waals surface area contributed by atoms with Gasteiger partial charge in [-0.1, -0.05) is 43.6 Å². The fourth-order valence-corrected chi connectivity index (χ4v) is 2.36. The maximum Gasteiger partial charge on any atom is 0.306 e. The highest BCUT2D eigenvalue weighted by atomic mass is 35.5. The zero-order chi connectivity index (χ0) is 15.0. The van der Waals surface area contributed by atoms with E-state index < -0.39 is 0 Å². The quantitative estimate of drug-likeness (QED) is 0.743. The van der Waals surface area contributed by atoms with Crippen LogP contribution in [-0.2, 0) is 16.1 Å². The molecule has 0 aromatic heterocycles. The Labute approximate surface area is 126 Å². The molecule has 0 saturated heterocycles. The lowest BCUT2D eigenvalue weighted by Crippen LogP contribution is -2.16. The van der Waals surface area contributed by atoms with Crippen molar-refractivity contribution in [3.05, 3.63) is 34.9 Å². The molecule has 1 rings (SSSR count). The fraction of sp³-hybridized carbons (Fsp3) is 0.562. The molecule has 2 N–H and O–H groups in total. The maximum absolute atomic E-state index is 11.8. The van der Waals surface area contributed by atoms with E-state index in [0.717, 1.165) is 18.4 Å². The molecule has 1 aromatic carbocycles. The van der Waals surface area contributed by atoms with E-state index in [1.54, 1.807) is 6.07 Å². The van der Waals surface area contributed by atoms with Crippen LogP contribution in [0.4, 0.5) is 0 Å². The van der Waals surface area contributed by atoms with Gasteiger partial charge >= 0.3 is 5.97 Å². The molecule has 0 aliphatic rings. The first-order valence-corrected chi connectivity index (χ1v) is 7.51. The van der Waals surface area contributed by atoms with Crippen LogP contribution in [0.15, 0.2) is 24.3 Å². The van der Waals surface area contributed by atoms with Crippen molar-refractivity contribution >= 4 is 17.6 Å². The summed E-state index contributed by atoms with van der Waals surface area (Å²) in [5, 5.41) is 0.628. The van der Waals surface area contributed by atoms with Crippen molar-refractivity contribution in [2.45, 2.75) is 39.7 Å². The molecule has 4 heteroatoms. The normalized spacial score (nSPS) is 12.4. The summed E-state index contributed by atoms with van der Waals surface area (Å²) in [5.41, 5.74) is 6.43. The van der Waals surface area contributed by atoms with Crippen molar-refractivity contribution in [1.82, 2.24) is 0 Å². The third-order valence-corrected chi connectivity index (χ3v) is 3.91. The monoisotopic (exact) mass is 297 g/mol. The van der Waals surface area contributed by atoms with Crippen molar-refractivity contribution < 1.29 is 9.53 Å². The zero-order valence-electron chi connectivity index (χ0n) is 12.3. The molecule has 3 nitrogen and oxygen atoms in total. The summed E-state index contributed by atoms with van der Waals surface area (Å²) in [6.45, 7) is 5.23. The van der Waals surface area contributed by atoms with Crippen LogP contribution >= 0.6 is 11.6 Å². The first kappa shape index (κ1) is 17.0. The van der Waals surface area contributed by atoms with Gasteiger partial charge in [-0.15, -0.1) is 0 Å².